The number of carbonyl (C=O) groups is 2. The molecule has 0 heterocycles. The molecular weight excluding hydrogens is 200 g/mol. The molecule has 0 saturated heterocycles. The summed E-state index contributed by atoms with van der Waals surface area (Å²) in [4.78, 5) is 21.1. The van der Waals surface area contributed by atoms with Crippen LogP contribution in [0.1, 0.15) is 26.7 Å². The molecule has 0 aliphatic carbocycles. The Morgan fingerprint density at radius 1 is 1.40 bits per heavy atom. The van der Waals surface area contributed by atoms with E-state index in [2.05, 4.69) is 0 Å². The van der Waals surface area contributed by atoms with Gasteiger partial charge < -0.3 is 14.9 Å². The number of ether oxygens (including phenoxy) is 1. The first kappa shape index (κ1) is 13.6. The summed E-state index contributed by atoms with van der Waals surface area (Å²) in [5, 5.41) is 17.2. The molecule has 0 fully saturated rings. The van der Waals surface area contributed by atoms with Crippen LogP contribution < -0.4 is 0 Å². The van der Waals surface area contributed by atoms with Crippen LogP contribution in [0.3, 0.4) is 0 Å². The van der Waals surface area contributed by atoms with Gasteiger partial charge in [-0.2, -0.15) is 0 Å². The van der Waals surface area contributed by atoms with E-state index < -0.39 is 18.0 Å². The van der Waals surface area contributed by atoms with Crippen molar-refractivity contribution < 1.29 is 24.5 Å². The fourth-order valence-corrected chi connectivity index (χ4v) is 0.980. The molecule has 0 aromatic heterocycles. The molecule has 0 aromatic rings. The predicted octanol–water partition coefficient (Wildman–Crippen LogP) is 1.29. The zero-order chi connectivity index (χ0) is 11.8. The monoisotopic (exact) mass is 216 g/mol. The van der Waals surface area contributed by atoms with E-state index in [9.17, 15) is 9.59 Å². The minimum Gasteiger partial charge on any atom is -0.478 e. The number of rotatable bonds is 7. The third-order valence-corrected chi connectivity index (χ3v) is 1.83. The topological polar surface area (TPSA) is 83.8 Å². The average Bonchev–Trinajstić information content (AvgIpc) is 2.13. The van der Waals surface area contributed by atoms with Gasteiger partial charge in [0.05, 0.1) is 11.7 Å². The molecule has 0 bridgehead atoms. The lowest BCUT2D eigenvalue weighted by Gasteiger charge is -2.12. The molecule has 0 spiro atoms. The first-order valence-electron chi connectivity index (χ1n) is 4.78. The summed E-state index contributed by atoms with van der Waals surface area (Å²) < 4.78 is 5.19. The number of carboxylic acid groups (broad SMARTS) is 2. The van der Waals surface area contributed by atoms with Gasteiger partial charge in [0.2, 0.25) is 0 Å². The highest BCUT2D eigenvalue weighted by Crippen LogP contribution is 2.07. The van der Waals surface area contributed by atoms with Crippen LogP contribution in [0.2, 0.25) is 0 Å². The van der Waals surface area contributed by atoms with E-state index in [4.69, 9.17) is 14.9 Å². The summed E-state index contributed by atoms with van der Waals surface area (Å²) in [6, 6.07) is 0. The highest BCUT2D eigenvalue weighted by molar-refractivity contribution is 5.95. The quantitative estimate of drug-likeness (QED) is 0.494. The Morgan fingerprint density at radius 3 is 2.40 bits per heavy atom. The maximum Gasteiger partial charge on any atom is 0.334 e. The van der Waals surface area contributed by atoms with Gasteiger partial charge in [-0.05, 0) is 13.3 Å². The minimum absolute atomic E-state index is 0.237. The van der Waals surface area contributed by atoms with Crippen LogP contribution in [0.25, 0.3) is 0 Å². The molecule has 0 amide bonds. The lowest BCUT2D eigenvalue weighted by atomic mass is 10.1. The summed E-state index contributed by atoms with van der Waals surface area (Å²) in [7, 11) is 0. The molecule has 2 N–H and O–H groups in total. The van der Waals surface area contributed by atoms with Crippen LogP contribution in [-0.2, 0) is 14.3 Å². The van der Waals surface area contributed by atoms with Gasteiger partial charge in [0.25, 0.3) is 0 Å². The molecule has 86 valence electrons. The van der Waals surface area contributed by atoms with Gasteiger partial charge in [-0.15, -0.1) is 0 Å². The van der Waals surface area contributed by atoms with E-state index in [0.717, 1.165) is 12.8 Å². The highest BCUT2D eigenvalue weighted by Gasteiger charge is 2.17. The average molecular weight is 216 g/mol. The fraction of sp³-hybridized carbons (Fsp3) is 0.600. The number of aliphatic carboxylic acids is 2. The van der Waals surface area contributed by atoms with Gasteiger partial charge in [-0.3, -0.25) is 0 Å². The van der Waals surface area contributed by atoms with Crippen molar-refractivity contribution in [3.8, 4) is 0 Å². The van der Waals surface area contributed by atoms with E-state index in [1.165, 1.54) is 6.92 Å². The second-order valence-corrected chi connectivity index (χ2v) is 3.11. The van der Waals surface area contributed by atoms with Crippen molar-refractivity contribution >= 4 is 11.9 Å². The zero-order valence-electron chi connectivity index (χ0n) is 8.90. The maximum atomic E-state index is 10.7. The van der Waals surface area contributed by atoms with Crippen LogP contribution in [0.5, 0.6) is 0 Å². The van der Waals surface area contributed by atoms with Gasteiger partial charge >= 0.3 is 11.9 Å². The molecule has 0 rings (SSSR count). The Hall–Kier alpha value is -1.36. The van der Waals surface area contributed by atoms with Gasteiger partial charge in [-0.25, -0.2) is 9.59 Å². The van der Waals surface area contributed by atoms with Crippen molar-refractivity contribution in [3.63, 3.8) is 0 Å². The molecule has 0 radical (unpaired) electrons. The minimum atomic E-state index is -1.28. The Kier molecular flexibility index (Phi) is 6.37. The summed E-state index contributed by atoms with van der Waals surface area (Å²) in [5.74, 6) is -2.54. The smallest absolute Gasteiger partial charge is 0.334 e. The van der Waals surface area contributed by atoms with Crippen molar-refractivity contribution in [2.45, 2.75) is 32.8 Å². The second-order valence-electron chi connectivity index (χ2n) is 3.11. The molecule has 0 aromatic carbocycles. The first-order valence-corrected chi connectivity index (χ1v) is 4.78. The van der Waals surface area contributed by atoms with Gasteiger partial charge in [0, 0.05) is 12.7 Å². The number of hydrogen-bond donors (Lipinski definition) is 2. The van der Waals surface area contributed by atoms with Crippen molar-refractivity contribution in [3.05, 3.63) is 11.6 Å². The van der Waals surface area contributed by atoms with E-state index in [0.29, 0.717) is 12.7 Å². The Balaban J connectivity index is 4.37. The number of unbranched alkanes of at least 4 members (excludes halogenated alkanes) is 1. The summed E-state index contributed by atoms with van der Waals surface area (Å²) in [6.07, 6.45) is 1.73. The fourth-order valence-electron chi connectivity index (χ4n) is 0.980. The van der Waals surface area contributed by atoms with E-state index in [1.807, 2.05) is 6.92 Å². The lowest BCUT2D eigenvalue weighted by Crippen LogP contribution is -2.20. The summed E-state index contributed by atoms with van der Waals surface area (Å²) in [6.45, 7) is 3.94. The molecule has 1 atom stereocenters. The molecule has 0 aliphatic rings. The molecule has 5 heteroatoms. The zero-order valence-corrected chi connectivity index (χ0v) is 8.90. The second kappa shape index (κ2) is 7.00. The van der Waals surface area contributed by atoms with Gasteiger partial charge in [0.15, 0.2) is 0 Å². The van der Waals surface area contributed by atoms with Crippen LogP contribution in [0.15, 0.2) is 11.6 Å². The molecular formula is C10H16O5. The standard InChI is InChI=1S/C10H16O5/c1-3-4-5-15-7(2)8(10(13)14)6-9(11)12/h6-7H,3-5H2,1-2H3,(H,11,12)(H,13,14). The molecule has 0 aliphatic heterocycles. The van der Waals surface area contributed by atoms with Crippen LogP contribution in [0, 0.1) is 0 Å². The molecule has 5 nitrogen and oxygen atoms in total. The predicted molar refractivity (Wildman–Crippen MR) is 53.7 cm³/mol. The Labute approximate surface area is 88.4 Å². The Morgan fingerprint density at radius 2 is 2.00 bits per heavy atom. The summed E-state index contributed by atoms with van der Waals surface area (Å²) in [5.41, 5.74) is -0.237. The third kappa shape index (κ3) is 5.85. The van der Waals surface area contributed by atoms with Crippen LogP contribution in [0.4, 0.5) is 0 Å². The van der Waals surface area contributed by atoms with Crippen molar-refractivity contribution in [2.75, 3.05) is 6.61 Å². The number of hydrogen-bond acceptors (Lipinski definition) is 3. The lowest BCUT2D eigenvalue weighted by molar-refractivity contribution is -0.136. The maximum absolute atomic E-state index is 10.7. The van der Waals surface area contributed by atoms with Crippen LogP contribution >= 0.6 is 0 Å². The van der Waals surface area contributed by atoms with Crippen molar-refractivity contribution in [1.82, 2.24) is 0 Å². The number of carboxylic acids is 2. The largest absolute Gasteiger partial charge is 0.478 e. The first-order chi connectivity index (χ1) is 6.99. The van der Waals surface area contributed by atoms with Gasteiger partial charge in [0.1, 0.15) is 0 Å². The normalized spacial score (nSPS) is 13.6. The van der Waals surface area contributed by atoms with E-state index in [-0.39, 0.29) is 5.57 Å². The van der Waals surface area contributed by atoms with Crippen molar-refractivity contribution in [1.29, 1.82) is 0 Å². The summed E-state index contributed by atoms with van der Waals surface area (Å²) >= 11 is 0. The van der Waals surface area contributed by atoms with E-state index >= 15 is 0 Å². The Bertz CT molecular complexity index is 257. The SMILES string of the molecule is CCCCOC(C)C(=CC(=O)O)C(=O)O. The highest BCUT2D eigenvalue weighted by atomic mass is 16.5. The molecule has 1 unspecified atom stereocenters. The van der Waals surface area contributed by atoms with Crippen molar-refractivity contribution in [2.24, 2.45) is 0 Å². The van der Waals surface area contributed by atoms with E-state index in [1.54, 1.807) is 0 Å². The molecule has 15 heavy (non-hydrogen) atoms. The van der Waals surface area contributed by atoms with Crippen LogP contribution in [-0.4, -0.2) is 34.9 Å². The third-order valence-electron chi connectivity index (χ3n) is 1.83. The van der Waals surface area contributed by atoms with Gasteiger partial charge in [-0.1, -0.05) is 13.3 Å². The molecule has 0 saturated carbocycles.